The molecular formula is C18H11Si2. The van der Waals surface area contributed by atoms with Crippen LogP contribution < -0.4 is 5.19 Å². The van der Waals surface area contributed by atoms with Gasteiger partial charge in [0.25, 0.3) is 0 Å². The van der Waals surface area contributed by atoms with Crippen molar-refractivity contribution in [2.75, 3.05) is 0 Å². The second-order valence-electron chi connectivity index (χ2n) is 5.05. The Bertz CT molecular complexity index is 942. The predicted octanol–water partition coefficient (Wildman–Crippen LogP) is 3.56. The maximum atomic E-state index is 3.62. The van der Waals surface area contributed by atoms with Gasteiger partial charge in [0.2, 0.25) is 0 Å². The molecule has 0 nitrogen and oxygen atoms in total. The highest BCUT2D eigenvalue weighted by Crippen LogP contribution is 2.28. The zero-order chi connectivity index (χ0) is 13.5. The number of hydrogen-bond donors (Lipinski definition) is 0. The standard InChI is InChI=1S/C18H11Si2/c19-20-16-8-7-12-5-6-15-9-13-3-1-2-4-14(13)10-17(15)18(12)11-16/h1-11H. The van der Waals surface area contributed by atoms with E-state index in [1.807, 2.05) is 0 Å². The zero-order valence-corrected chi connectivity index (χ0v) is 12.9. The lowest BCUT2D eigenvalue weighted by molar-refractivity contribution is 1.79. The van der Waals surface area contributed by atoms with Crippen molar-refractivity contribution < 1.29 is 0 Å². The molecule has 0 aliphatic rings. The first-order chi connectivity index (χ1) is 9.85. The molecule has 0 unspecified atom stereocenters. The summed E-state index contributed by atoms with van der Waals surface area (Å²) in [6.07, 6.45) is 0. The first kappa shape index (κ1) is 11.9. The summed E-state index contributed by atoms with van der Waals surface area (Å²) in [6, 6.07) is 24.3. The van der Waals surface area contributed by atoms with Crippen molar-refractivity contribution >= 4 is 56.3 Å². The average Bonchev–Trinajstić information content (AvgIpc) is 2.52. The molecule has 0 saturated carbocycles. The fourth-order valence-corrected chi connectivity index (χ4v) is 3.67. The van der Waals surface area contributed by atoms with Crippen molar-refractivity contribution in [1.29, 1.82) is 0 Å². The number of hydrogen-bond acceptors (Lipinski definition) is 0. The molecule has 0 aromatic heterocycles. The van der Waals surface area contributed by atoms with Crippen LogP contribution in [0.25, 0.3) is 32.3 Å². The molecule has 20 heavy (non-hydrogen) atoms. The zero-order valence-electron chi connectivity index (χ0n) is 10.9. The lowest BCUT2D eigenvalue weighted by atomic mass is 9.98. The molecule has 0 aliphatic carbocycles. The van der Waals surface area contributed by atoms with E-state index in [4.69, 9.17) is 0 Å². The van der Waals surface area contributed by atoms with E-state index in [9.17, 15) is 0 Å². The average molecular weight is 283 g/mol. The van der Waals surface area contributed by atoms with Crippen molar-refractivity contribution in [1.82, 2.24) is 0 Å². The second-order valence-corrected chi connectivity index (χ2v) is 6.62. The molecule has 4 aromatic carbocycles. The summed E-state index contributed by atoms with van der Waals surface area (Å²) in [6.45, 7) is 0. The first-order valence-electron chi connectivity index (χ1n) is 6.63. The van der Waals surface area contributed by atoms with E-state index in [0.717, 1.165) is 0 Å². The Morgan fingerprint density at radius 1 is 0.600 bits per heavy atom. The van der Waals surface area contributed by atoms with E-state index in [1.165, 1.54) is 37.5 Å². The summed E-state index contributed by atoms with van der Waals surface area (Å²) in [7, 11) is 4.28. The number of fused-ring (bicyclic) bond motifs is 4. The predicted molar refractivity (Wildman–Crippen MR) is 90.1 cm³/mol. The van der Waals surface area contributed by atoms with Gasteiger partial charge in [-0.1, -0.05) is 59.8 Å². The summed E-state index contributed by atoms with van der Waals surface area (Å²) in [5.41, 5.74) is 0. The van der Waals surface area contributed by atoms with Gasteiger partial charge in [-0.05, 0) is 44.5 Å². The van der Waals surface area contributed by atoms with Gasteiger partial charge in [-0.15, -0.1) is 0 Å². The molecule has 0 fully saturated rings. The second kappa shape index (κ2) is 4.58. The molecule has 5 radical (unpaired) electrons. The smallest absolute Gasteiger partial charge is 0.0604 e. The molecule has 0 spiro atoms. The lowest BCUT2D eigenvalue weighted by Crippen LogP contribution is -2.12. The molecule has 0 bridgehead atoms. The minimum absolute atomic E-state index is 0.651. The van der Waals surface area contributed by atoms with Gasteiger partial charge in [-0.3, -0.25) is 0 Å². The molecule has 0 aliphatic heterocycles. The molecule has 91 valence electrons. The minimum atomic E-state index is 0.651. The van der Waals surface area contributed by atoms with Crippen LogP contribution in [-0.2, 0) is 0 Å². The Hall–Kier alpha value is -1.91. The summed E-state index contributed by atoms with van der Waals surface area (Å²) in [4.78, 5) is 0. The fourth-order valence-electron chi connectivity index (χ4n) is 2.82. The Kier molecular flexibility index (Phi) is 2.72. The fraction of sp³-hybridized carbons (Fsp3) is 0. The largest absolute Gasteiger partial charge is 0.0675 e. The van der Waals surface area contributed by atoms with Crippen LogP contribution in [0.15, 0.2) is 66.7 Å². The maximum absolute atomic E-state index is 3.62. The Morgan fingerprint density at radius 2 is 1.25 bits per heavy atom. The Labute approximate surface area is 123 Å². The molecule has 0 amide bonds. The molecule has 2 heteroatoms. The molecule has 0 heterocycles. The van der Waals surface area contributed by atoms with Gasteiger partial charge < -0.3 is 0 Å². The van der Waals surface area contributed by atoms with Crippen LogP contribution in [0.5, 0.6) is 0 Å². The van der Waals surface area contributed by atoms with Crippen molar-refractivity contribution in [3.8, 4) is 0 Å². The lowest BCUT2D eigenvalue weighted by Gasteiger charge is -2.08. The van der Waals surface area contributed by atoms with Crippen LogP contribution in [0.4, 0.5) is 0 Å². The van der Waals surface area contributed by atoms with Crippen LogP contribution >= 0.6 is 0 Å². The van der Waals surface area contributed by atoms with Crippen LogP contribution in [0.2, 0.25) is 0 Å². The van der Waals surface area contributed by atoms with E-state index < -0.39 is 0 Å². The highest BCUT2D eigenvalue weighted by atomic mass is 29.1. The first-order valence-corrected chi connectivity index (χ1v) is 9.13. The van der Waals surface area contributed by atoms with Gasteiger partial charge in [0.1, 0.15) is 0 Å². The molecule has 0 N–H and O–H groups in total. The topological polar surface area (TPSA) is 0 Å². The van der Waals surface area contributed by atoms with E-state index in [-0.39, 0.29) is 0 Å². The molecule has 0 atom stereocenters. The monoisotopic (exact) mass is 283 g/mol. The maximum Gasteiger partial charge on any atom is 0.0604 e. The van der Waals surface area contributed by atoms with Crippen LogP contribution in [0, 0.1) is 0 Å². The third-order valence-corrected chi connectivity index (χ3v) is 5.31. The molecule has 0 saturated heterocycles. The molecular weight excluding hydrogens is 272 g/mol. The van der Waals surface area contributed by atoms with Gasteiger partial charge in [0.05, 0.1) is 9.04 Å². The highest BCUT2D eigenvalue weighted by molar-refractivity contribution is 6.97. The number of rotatable bonds is 1. The van der Waals surface area contributed by atoms with Crippen molar-refractivity contribution in [3.05, 3.63) is 66.7 Å². The van der Waals surface area contributed by atoms with Crippen molar-refractivity contribution in [2.45, 2.75) is 0 Å². The van der Waals surface area contributed by atoms with E-state index in [0.29, 0.717) is 9.04 Å². The Morgan fingerprint density at radius 3 is 2.05 bits per heavy atom. The SMILES string of the molecule is [Si][Si]c1ccc2ccc3cc4ccccc4cc3c2c1. The third kappa shape index (κ3) is 1.80. The van der Waals surface area contributed by atoms with Crippen LogP contribution in [0.1, 0.15) is 0 Å². The van der Waals surface area contributed by atoms with Gasteiger partial charge >= 0.3 is 0 Å². The van der Waals surface area contributed by atoms with Gasteiger partial charge in [0, 0.05) is 9.76 Å². The van der Waals surface area contributed by atoms with E-state index >= 15 is 0 Å². The van der Waals surface area contributed by atoms with Crippen molar-refractivity contribution in [2.24, 2.45) is 0 Å². The van der Waals surface area contributed by atoms with Gasteiger partial charge in [-0.2, -0.15) is 0 Å². The third-order valence-electron chi connectivity index (χ3n) is 3.85. The Balaban J connectivity index is 2.18. The normalized spacial score (nSPS) is 11.4. The summed E-state index contributed by atoms with van der Waals surface area (Å²) in [5, 5.41) is 9.25. The van der Waals surface area contributed by atoms with Gasteiger partial charge in [0.15, 0.2) is 0 Å². The summed E-state index contributed by atoms with van der Waals surface area (Å²) in [5.74, 6) is 0. The summed E-state index contributed by atoms with van der Waals surface area (Å²) < 4.78 is 0. The van der Waals surface area contributed by atoms with Gasteiger partial charge in [-0.25, -0.2) is 0 Å². The van der Waals surface area contributed by atoms with Crippen LogP contribution in [-0.4, -0.2) is 18.8 Å². The number of benzene rings is 4. The molecule has 4 aromatic rings. The van der Waals surface area contributed by atoms with E-state index in [2.05, 4.69) is 76.5 Å². The quantitative estimate of drug-likeness (QED) is 0.285. The van der Waals surface area contributed by atoms with Crippen LogP contribution in [0.3, 0.4) is 0 Å². The molecule has 4 rings (SSSR count). The van der Waals surface area contributed by atoms with E-state index in [1.54, 1.807) is 0 Å². The minimum Gasteiger partial charge on any atom is -0.0675 e. The highest BCUT2D eigenvalue weighted by Gasteiger charge is 2.03. The van der Waals surface area contributed by atoms with Crippen molar-refractivity contribution in [3.63, 3.8) is 0 Å². The summed E-state index contributed by atoms with van der Waals surface area (Å²) >= 11 is 0.